The van der Waals surface area contributed by atoms with E-state index in [1.54, 1.807) is 23.1 Å². The van der Waals surface area contributed by atoms with Crippen LogP contribution in [0.15, 0.2) is 48.5 Å². The summed E-state index contributed by atoms with van der Waals surface area (Å²) in [7, 11) is 2.14. The largest absolute Gasteiger partial charge is 0.354 e. The van der Waals surface area contributed by atoms with Gasteiger partial charge in [-0.05, 0) is 25.2 Å². The smallest absolute Gasteiger partial charge is 0.322 e. The molecular formula is C25H26Cl2N6O. The van der Waals surface area contributed by atoms with Crippen LogP contribution in [0.4, 0.5) is 16.3 Å². The molecule has 0 radical (unpaired) electrons. The zero-order chi connectivity index (χ0) is 23.7. The van der Waals surface area contributed by atoms with Crippen LogP contribution >= 0.6 is 23.2 Å². The summed E-state index contributed by atoms with van der Waals surface area (Å²) in [5, 5.41) is 3.79. The lowest BCUT2D eigenvalue weighted by molar-refractivity contribution is 0.206. The molecule has 0 saturated carbocycles. The van der Waals surface area contributed by atoms with Crippen molar-refractivity contribution in [1.82, 2.24) is 19.8 Å². The van der Waals surface area contributed by atoms with Crippen LogP contribution in [0.1, 0.15) is 11.3 Å². The number of rotatable bonds is 3. The molecule has 34 heavy (non-hydrogen) atoms. The van der Waals surface area contributed by atoms with E-state index in [4.69, 9.17) is 33.2 Å². The van der Waals surface area contributed by atoms with E-state index in [2.05, 4.69) is 22.2 Å². The first-order chi connectivity index (χ1) is 16.5. The number of nitrogens with one attached hydrogen (secondary N) is 1. The van der Waals surface area contributed by atoms with Crippen LogP contribution in [-0.4, -0.2) is 65.6 Å². The Hall–Kier alpha value is -2.87. The fourth-order valence-electron chi connectivity index (χ4n) is 4.34. The molecule has 1 fully saturated rings. The number of amides is 2. The van der Waals surface area contributed by atoms with Crippen LogP contribution in [0.2, 0.25) is 10.0 Å². The van der Waals surface area contributed by atoms with Crippen molar-refractivity contribution >= 4 is 40.7 Å². The number of hydrogen-bond acceptors (Lipinski definition) is 5. The van der Waals surface area contributed by atoms with E-state index in [1.807, 2.05) is 30.3 Å². The molecule has 2 aliphatic heterocycles. The van der Waals surface area contributed by atoms with Gasteiger partial charge in [0, 0.05) is 56.0 Å². The highest BCUT2D eigenvalue weighted by Gasteiger charge is 2.29. The van der Waals surface area contributed by atoms with Crippen molar-refractivity contribution < 1.29 is 4.79 Å². The quantitative estimate of drug-likeness (QED) is 0.564. The summed E-state index contributed by atoms with van der Waals surface area (Å²) < 4.78 is 0. The number of halogens is 2. The number of carbonyl (C=O) groups excluding carboxylic acids is 1. The predicted octanol–water partition coefficient (Wildman–Crippen LogP) is 4.79. The molecule has 176 valence electrons. The molecule has 5 rings (SSSR count). The van der Waals surface area contributed by atoms with E-state index in [0.29, 0.717) is 35.2 Å². The lowest BCUT2D eigenvalue weighted by atomic mass is 10.0. The standard InChI is InChI=1S/C25H26Cl2N6O/c1-31-11-13-32(14-12-31)24-19-16-33(25(34)28-18-7-8-20(26)21(27)15-18)10-9-22(19)29-23(30-24)17-5-3-2-4-6-17/h2-8,15H,9-14,16H2,1H3,(H,28,34). The molecule has 9 heteroatoms. The first-order valence-electron chi connectivity index (χ1n) is 11.4. The third kappa shape index (κ3) is 4.82. The monoisotopic (exact) mass is 496 g/mol. The van der Waals surface area contributed by atoms with E-state index in [9.17, 15) is 4.79 Å². The van der Waals surface area contributed by atoms with E-state index in [-0.39, 0.29) is 6.03 Å². The second kappa shape index (κ2) is 9.78. The third-order valence-corrected chi connectivity index (χ3v) is 7.07. The van der Waals surface area contributed by atoms with Crippen molar-refractivity contribution in [3.05, 3.63) is 69.8 Å². The topological polar surface area (TPSA) is 64.6 Å². The van der Waals surface area contributed by atoms with Gasteiger partial charge >= 0.3 is 6.03 Å². The van der Waals surface area contributed by atoms with Gasteiger partial charge in [-0.1, -0.05) is 53.5 Å². The van der Waals surface area contributed by atoms with Crippen molar-refractivity contribution in [1.29, 1.82) is 0 Å². The van der Waals surface area contributed by atoms with E-state index in [0.717, 1.165) is 54.6 Å². The molecule has 3 aromatic rings. The summed E-state index contributed by atoms with van der Waals surface area (Å²) in [5.41, 5.74) is 3.65. The Labute approximate surface area is 209 Å². The second-order valence-electron chi connectivity index (χ2n) is 8.68. The van der Waals surface area contributed by atoms with Crippen LogP contribution in [-0.2, 0) is 13.0 Å². The average Bonchev–Trinajstić information content (AvgIpc) is 2.86. The Morgan fingerprint density at radius 2 is 1.71 bits per heavy atom. The number of nitrogens with zero attached hydrogens (tertiary/aromatic N) is 5. The Morgan fingerprint density at radius 1 is 0.941 bits per heavy atom. The van der Waals surface area contributed by atoms with E-state index >= 15 is 0 Å². The molecular weight excluding hydrogens is 471 g/mol. The molecule has 2 aliphatic rings. The maximum atomic E-state index is 13.1. The molecule has 1 saturated heterocycles. The molecule has 3 heterocycles. The normalized spacial score (nSPS) is 16.3. The summed E-state index contributed by atoms with van der Waals surface area (Å²) in [5.74, 6) is 1.67. The van der Waals surface area contributed by atoms with Crippen molar-refractivity contribution in [3.63, 3.8) is 0 Å². The van der Waals surface area contributed by atoms with E-state index < -0.39 is 0 Å². The van der Waals surface area contributed by atoms with Crippen LogP contribution in [0, 0.1) is 0 Å². The molecule has 1 N–H and O–H groups in total. The van der Waals surface area contributed by atoms with Gasteiger partial charge in [-0.3, -0.25) is 0 Å². The van der Waals surface area contributed by atoms with Gasteiger partial charge in [-0.15, -0.1) is 0 Å². The minimum Gasteiger partial charge on any atom is -0.354 e. The Morgan fingerprint density at radius 3 is 2.44 bits per heavy atom. The van der Waals surface area contributed by atoms with Gasteiger partial charge in [0.1, 0.15) is 5.82 Å². The highest BCUT2D eigenvalue weighted by atomic mass is 35.5. The maximum absolute atomic E-state index is 13.1. The molecule has 0 atom stereocenters. The van der Waals surface area contributed by atoms with E-state index in [1.165, 1.54) is 0 Å². The molecule has 0 spiro atoms. The molecule has 1 aromatic heterocycles. The molecule has 2 amide bonds. The van der Waals surface area contributed by atoms with Crippen molar-refractivity contribution in [3.8, 4) is 11.4 Å². The van der Waals surface area contributed by atoms with Crippen LogP contribution < -0.4 is 10.2 Å². The SMILES string of the molecule is CN1CCN(c2nc(-c3ccccc3)nc3c2CN(C(=O)Nc2ccc(Cl)c(Cl)c2)CC3)CC1. The Balaban J connectivity index is 1.44. The number of piperazine rings is 1. The molecule has 0 unspecified atom stereocenters. The minimum atomic E-state index is -0.180. The summed E-state index contributed by atoms with van der Waals surface area (Å²) in [6, 6.07) is 15.0. The van der Waals surface area contributed by atoms with Gasteiger partial charge < -0.3 is 20.0 Å². The number of hydrogen-bond donors (Lipinski definition) is 1. The highest BCUT2D eigenvalue weighted by molar-refractivity contribution is 6.42. The first kappa shape index (κ1) is 22.9. The number of anilines is 2. The molecule has 0 aliphatic carbocycles. The first-order valence-corrected chi connectivity index (χ1v) is 12.1. The van der Waals surface area contributed by atoms with Crippen LogP contribution in [0.5, 0.6) is 0 Å². The zero-order valence-electron chi connectivity index (χ0n) is 19.0. The Bertz CT molecular complexity index is 1200. The fourth-order valence-corrected chi connectivity index (χ4v) is 4.64. The van der Waals surface area contributed by atoms with Gasteiger partial charge in [0.05, 0.1) is 22.3 Å². The number of carbonyl (C=O) groups is 1. The van der Waals surface area contributed by atoms with Gasteiger partial charge in [0.2, 0.25) is 0 Å². The number of fused-ring (bicyclic) bond motifs is 1. The van der Waals surface area contributed by atoms with Gasteiger partial charge in [0.25, 0.3) is 0 Å². The van der Waals surface area contributed by atoms with Crippen LogP contribution in [0.25, 0.3) is 11.4 Å². The number of urea groups is 1. The minimum absolute atomic E-state index is 0.180. The van der Waals surface area contributed by atoms with Gasteiger partial charge in [-0.2, -0.15) is 0 Å². The maximum Gasteiger partial charge on any atom is 0.322 e. The average molecular weight is 497 g/mol. The number of aromatic nitrogens is 2. The molecule has 7 nitrogen and oxygen atoms in total. The fraction of sp³-hybridized carbons (Fsp3) is 0.320. The zero-order valence-corrected chi connectivity index (χ0v) is 20.5. The predicted molar refractivity (Wildman–Crippen MR) is 137 cm³/mol. The summed E-state index contributed by atoms with van der Waals surface area (Å²) in [6.45, 7) is 4.77. The lowest BCUT2D eigenvalue weighted by Gasteiger charge is -2.37. The van der Waals surface area contributed by atoms with Gasteiger partial charge in [0.15, 0.2) is 5.82 Å². The number of likely N-dealkylation sites (N-methyl/N-ethyl adjacent to an activating group) is 1. The second-order valence-corrected chi connectivity index (χ2v) is 9.50. The van der Waals surface area contributed by atoms with Crippen LogP contribution in [0.3, 0.4) is 0 Å². The third-order valence-electron chi connectivity index (χ3n) is 6.33. The summed E-state index contributed by atoms with van der Waals surface area (Å²) in [6.07, 6.45) is 0.674. The summed E-state index contributed by atoms with van der Waals surface area (Å²) >= 11 is 12.1. The Kier molecular flexibility index (Phi) is 6.59. The molecule has 2 aromatic carbocycles. The highest BCUT2D eigenvalue weighted by Crippen LogP contribution is 2.31. The number of benzene rings is 2. The van der Waals surface area contributed by atoms with Crippen molar-refractivity contribution in [2.45, 2.75) is 13.0 Å². The van der Waals surface area contributed by atoms with Gasteiger partial charge in [-0.25, -0.2) is 14.8 Å². The van der Waals surface area contributed by atoms with Crippen molar-refractivity contribution in [2.75, 3.05) is 50.0 Å². The lowest BCUT2D eigenvalue weighted by Crippen LogP contribution is -2.46. The molecule has 0 bridgehead atoms. The summed E-state index contributed by atoms with van der Waals surface area (Å²) in [4.78, 5) is 29.4. The van der Waals surface area contributed by atoms with Crippen molar-refractivity contribution in [2.24, 2.45) is 0 Å².